The number of β-amino-alcohol motifs (C(OH)–C–C–N with tert-alkyl or cyclic N) is 1. The molecule has 2 unspecified atom stereocenters. The first-order valence-corrected chi connectivity index (χ1v) is 13.9. The Morgan fingerprint density at radius 3 is 2.65 bits per heavy atom. The Bertz CT molecular complexity index is 1400. The minimum Gasteiger partial charge on any atom is -0.423 e. The molecule has 3 aromatic rings. The number of nitrogens with zero attached hydrogens (tertiary/aromatic N) is 3. The summed E-state index contributed by atoms with van der Waals surface area (Å²) in [6, 6.07) is 11.3. The van der Waals surface area contributed by atoms with Crippen LogP contribution >= 0.6 is 0 Å². The van der Waals surface area contributed by atoms with E-state index in [1.807, 2.05) is 4.90 Å². The molecule has 0 radical (unpaired) electrons. The second-order valence-corrected chi connectivity index (χ2v) is 11.5. The van der Waals surface area contributed by atoms with Gasteiger partial charge in [0, 0.05) is 37.2 Å². The number of anilines is 1. The lowest BCUT2D eigenvalue weighted by Gasteiger charge is -2.45. The van der Waals surface area contributed by atoms with Gasteiger partial charge in [-0.05, 0) is 67.0 Å². The number of aliphatic hydroxyl groups is 1. The number of hydrogen-bond donors (Lipinski definition) is 1. The fourth-order valence-corrected chi connectivity index (χ4v) is 6.77. The number of aromatic nitrogens is 1. The third kappa shape index (κ3) is 5.05. The van der Waals surface area contributed by atoms with E-state index in [-0.39, 0.29) is 22.7 Å². The molecule has 2 saturated heterocycles. The van der Waals surface area contributed by atoms with Crippen LogP contribution in [0.4, 0.5) is 23.6 Å². The zero-order valence-corrected chi connectivity index (χ0v) is 22.4. The Kier molecular flexibility index (Phi) is 6.99. The van der Waals surface area contributed by atoms with E-state index in [0.29, 0.717) is 37.6 Å². The fraction of sp³-hybridized carbons (Fsp3) is 0.452. The summed E-state index contributed by atoms with van der Waals surface area (Å²) in [5.41, 5.74) is 1.74. The number of oxazole rings is 1. The summed E-state index contributed by atoms with van der Waals surface area (Å²) in [7, 11) is 0. The fourth-order valence-electron chi connectivity index (χ4n) is 6.77. The molecule has 3 atom stereocenters. The monoisotopic (exact) mass is 555 g/mol. The lowest BCUT2D eigenvalue weighted by atomic mass is 9.68. The summed E-state index contributed by atoms with van der Waals surface area (Å²) in [5.74, 6) is -0.319. The van der Waals surface area contributed by atoms with E-state index in [1.54, 1.807) is 0 Å². The van der Waals surface area contributed by atoms with Crippen molar-refractivity contribution in [1.29, 1.82) is 0 Å². The first-order valence-electron chi connectivity index (χ1n) is 13.9. The number of likely N-dealkylation sites (tertiary alicyclic amines) is 1. The Morgan fingerprint density at radius 2 is 1.90 bits per heavy atom. The summed E-state index contributed by atoms with van der Waals surface area (Å²) < 4.78 is 58.9. The molecule has 2 fully saturated rings. The Labute approximate surface area is 231 Å². The largest absolute Gasteiger partial charge is 0.423 e. The van der Waals surface area contributed by atoms with E-state index in [0.717, 1.165) is 44.5 Å². The molecule has 0 amide bonds. The molecule has 0 saturated carbocycles. The van der Waals surface area contributed by atoms with Gasteiger partial charge in [-0.3, -0.25) is 0 Å². The van der Waals surface area contributed by atoms with Crippen molar-refractivity contribution in [2.24, 2.45) is 11.8 Å². The van der Waals surface area contributed by atoms with E-state index in [4.69, 9.17) is 4.42 Å². The quantitative estimate of drug-likeness (QED) is 0.370. The third-order valence-corrected chi connectivity index (χ3v) is 9.08. The van der Waals surface area contributed by atoms with Gasteiger partial charge in [-0.15, -0.1) is 0 Å². The van der Waals surface area contributed by atoms with E-state index in [2.05, 4.69) is 53.2 Å². The van der Waals surface area contributed by atoms with Crippen LogP contribution in [0.15, 0.2) is 59.2 Å². The van der Waals surface area contributed by atoms with Gasteiger partial charge in [0.2, 0.25) is 0 Å². The van der Waals surface area contributed by atoms with E-state index in [1.165, 1.54) is 17.3 Å². The highest BCUT2D eigenvalue weighted by Gasteiger charge is 2.43. The van der Waals surface area contributed by atoms with Crippen molar-refractivity contribution in [2.45, 2.75) is 43.9 Å². The summed E-state index contributed by atoms with van der Waals surface area (Å²) in [6.45, 7) is 6.04. The van der Waals surface area contributed by atoms with Crippen molar-refractivity contribution in [1.82, 2.24) is 9.88 Å². The standard InChI is InChI=1S/C31H33F4N3O2/c1-20-18-37(13-10-30(20)9-6-21-4-2-3-5-26(21)30)19-27(39)22-7-11-38(12-8-22)29-36-17-28(40-29)23-14-24(31(33,34)35)16-25(32)15-23/h2-6,9,14-17,20,22,27,39H,7-8,10-13,18-19H2,1H3/t20?,27?,30-/m0/s1. The lowest BCUT2D eigenvalue weighted by Crippen LogP contribution is -2.50. The summed E-state index contributed by atoms with van der Waals surface area (Å²) in [6.07, 6.45) is 3.39. The second kappa shape index (κ2) is 10.3. The summed E-state index contributed by atoms with van der Waals surface area (Å²) in [4.78, 5) is 8.55. The van der Waals surface area contributed by atoms with Crippen LogP contribution in [0.1, 0.15) is 42.9 Å². The molecule has 212 valence electrons. The van der Waals surface area contributed by atoms with Crippen molar-refractivity contribution in [3.8, 4) is 11.3 Å². The summed E-state index contributed by atoms with van der Waals surface area (Å²) >= 11 is 0. The predicted octanol–water partition coefficient (Wildman–Crippen LogP) is 6.38. The number of piperidine rings is 2. The predicted molar refractivity (Wildman–Crippen MR) is 145 cm³/mol. The molecular weight excluding hydrogens is 522 g/mol. The van der Waals surface area contributed by atoms with E-state index >= 15 is 0 Å². The van der Waals surface area contributed by atoms with Crippen LogP contribution in [0.25, 0.3) is 17.4 Å². The van der Waals surface area contributed by atoms with Gasteiger partial charge in [-0.2, -0.15) is 13.2 Å². The molecule has 1 spiro atoms. The molecule has 6 rings (SSSR count). The van der Waals surface area contributed by atoms with Crippen molar-refractivity contribution in [3.63, 3.8) is 0 Å². The molecule has 9 heteroatoms. The van der Waals surface area contributed by atoms with Crippen LogP contribution in [-0.4, -0.2) is 53.8 Å². The van der Waals surface area contributed by atoms with Crippen LogP contribution in [0.2, 0.25) is 0 Å². The molecule has 2 aliphatic heterocycles. The van der Waals surface area contributed by atoms with E-state index in [9.17, 15) is 22.7 Å². The Balaban J connectivity index is 1.03. The Morgan fingerprint density at radius 1 is 1.12 bits per heavy atom. The topological polar surface area (TPSA) is 52.7 Å². The van der Waals surface area contributed by atoms with Crippen LogP contribution in [0.3, 0.4) is 0 Å². The SMILES string of the molecule is CC1CN(CC(O)C2CCN(c3ncc(-c4cc(F)cc(C(F)(F)F)c4)o3)CC2)CC[C@@]12C=Cc1ccccc12. The van der Waals surface area contributed by atoms with Crippen LogP contribution in [0, 0.1) is 17.7 Å². The van der Waals surface area contributed by atoms with Crippen molar-refractivity contribution >= 4 is 12.1 Å². The van der Waals surface area contributed by atoms with Crippen LogP contribution in [0.5, 0.6) is 0 Å². The third-order valence-electron chi connectivity index (χ3n) is 9.08. The van der Waals surface area contributed by atoms with Gasteiger partial charge < -0.3 is 19.3 Å². The maximum absolute atomic E-state index is 13.8. The molecule has 1 aromatic heterocycles. The van der Waals surface area contributed by atoms with Crippen molar-refractivity contribution in [3.05, 3.63) is 77.2 Å². The normalized spacial score (nSPS) is 24.6. The molecular formula is C31H33F4N3O2. The second-order valence-electron chi connectivity index (χ2n) is 11.5. The van der Waals surface area contributed by atoms with Gasteiger partial charge >= 0.3 is 6.18 Å². The minimum atomic E-state index is -4.66. The number of fused-ring (bicyclic) bond motifs is 2. The zero-order valence-electron chi connectivity index (χ0n) is 22.4. The first-order chi connectivity index (χ1) is 19.1. The number of benzene rings is 2. The molecule has 5 nitrogen and oxygen atoms in total. The van der Waals surface area contributed by atoms with Crippen LogP contribution in [-0.2, 0) is 11.6 Å². The average molecular weight is 556 g/mol. The van der Waals surface area contributed by atoms with Gasteiger partial charge in [0.25, 0.3) is 6.01 Å². The molecule has 3 heterocycles. The first kappa shape index (κ1) is 27.0. The highest BCUT2D eigenvalue weighted by Crippen LogP contribution is 2.47. The smallest absolute Gasteiger partial charge is 0.416 e. The van der Waals surface area contributed by atoms with Crippen LogP contribution < -0.4 is 4.90 Å². The van der Waals surface area contributed by atoms with Gasteiger partial charge in [-0.1, -0.05) is 43.3 Å². The highest BCUT2D eigenvalue weighted by atomic mass is 19.4. The maximum Gasteiger partial charge on any atom is 0.416 e. The van der Waals surface area contributed by atoms with Gasteiger partial charge in [0.15, 0.2) is 5.76 Å². The maximum atomic E-state index is 13.8. The number of rotatable bonds is 5. The number of hydrogen-bond acceptors (Lipinski definition) is 5. The molecule has 40 heavy (non-hydrogen) atoms. The molecule has 1 aliphatic carbocycles. The number of allylic oxidation sites excluding steroid dienone is 1. The average Bonchev–Trinajstić information content (AvgIpc) is 3.57. The van der Waals surface area contributed by atoms with Gasteiger partial charge in [0.05, 0.1) is 17.9 Å². The molecule has 0 bridgehead atoms. The number of alkyl halides is 3. The van der Waals surface area contributed by atoms with Gasteiger partial charge in [-0.25, -0.2) is 9.37 Å². The van der Waals surface area contributed by atoms with Gasteiger partial charge in [0.1, 0.15) is 5.82 Å². The van der Waals surface area contributed by atoms with Crippen molar-refractivity contribution in [2.75, 3.05) is 37.6 Å². The van der Waals surface area contributed by atoms with Crippen molar-refractivity contribution < 1.29 is 27.1 Å². The molecule has 2 aromatic carbocycles. The highest BCUT2D eigenvalue weighted by molar-refractivity contribution is 5.65. The molecule has 1 N–H and O–H groups in total. The minimum absolute atomic E-state index is 0.00879. The molecule has 3 aliphatic rings. The van der Waals surface area contributed by atoms with E-state index < -0.39 is 23.7 Å². The number of halogens is 4. The lowest BCUT2D eigenvalue weighted by molar-refractivity contribution is -0.137. The number of aliphatic hydroxyl groups excluding tert-OH is 1. The zero-order chi connectivity index (χ0) is 28.1. The summed E-state index contributed by atoms with van der Waals surface area (Å²) in [5, 5.41) is 11.1. The Hall–Kier alpha value is -3.17.